The van der Waals surface area contributed by atoms with Gasteiger partial charge < -0.3 is 24.8 Å². The van der Waals surface area contributed by atoms with Crippen molar-refractivity contribution in [3.8, 4) is 28.4 Å². The molecule has 0 radical (unpaired) electrons. The summed E-state index contributed by atoms with van der Waals surface area (Å²) in [4.78, 5) is 25.3. The number of benzene rings is 1. The van der Waals surface area contributed by atoms with E-state index in [0.29, 0.717) is 22.7 Å². The first-order valence-corrected chi connectivity index (χ1v) is 10.9. The Labute approximate surface area is 214 Å². The Morgan fingerprint density at radius 3 is 2.29 bits per heavy atom. The van der Waals surface area contributed by atoms with Crippen molar-refractivity contribution in [3.63, 3.8) is 0 Å². The highest BCUT2D eigenvalue weighted by atomic mass is 19.4. The predicted molar refractivity (Wildman–Crippen MR) is 131 cm³/mol. The minimum absolute atomic E-state index is 0.00249. The van der Waals surface area contributed by atoms with Gasteiger partial charge in [0.25, 0.3) is 0 Å². The quantitative estimate of drug-likeness (QED) is 0.319. The van der Waals surface area contributed by atoms with Gasteiger partial charge in [0.15, 0.2) is 11.5 Å². The summed E-state index contributed by atoms with van der Waals surface area (Å²) >= 11 is 0. The zero-order valence-corrected chi connectivity index (χ0v) is 20.6. The van der Waals surface area contributed by atoms with Crippen LogP contribution in [-0.2, 0) is 10.9 Å². The molecule has 198 valence electrons. The number of hydrogen-bond acceptors (Lipinski definition) is 10. The first kappa shape index (κ1) is 26.2. The maximum Gasteiger partial charge on any atom is 0.435 e. The van der Waals surface area contributed by atoms with Crippen molar-refractivity contribution in [3.05, 3.63) is 60.2 Å². The highest BCUT2D eigenvalue weighted by molar-refractivity contribution is 5.96. The van der Waals surface area contributed by atoms with E-state index in [2.05, 4.69) is 30.7 Å². The second kappa shape index (κ2) is 10.6. The molecule has 0 fully saturated rings. The van der Waals surface area contributed by atoms with Gasteiger partial charge in [-0.15, -0.1) is 0 Å². The predicted octanol–water partition coefficient (Wildman–Crippen LogP) is 4.33. The van der Waals surface area contributed by atoms with Crippen LogP contribution in [0.1, 0.15) is 16.1 Å². The minimum atomic E-state index is -4.66. The monoisotopic (exact) mass is 529 g/mol. The molecule has 2 N–H and O–H groups in total. The molecule has 1 aromatic carbocycles. The van der Waals surface area contributed by atoms with E-state index in [1.54, 1.807) is 25.2 Å². The summed E-state index contributed by atoms with van der Waals surface area (Å²) in [6.07, 6.45) is -0.725. The number of hydrogen-bond donors (Lipinski definition) is 2. The van der Waals surface area contributed by atoms with Crippen LogP contribution in [0.15, 0.2) is 48.9 Å². The molecule has 0 saturated heterocycles. The molecule has 38 heavy (non-hydrogen) atoms. The first-order chi connectivity index (χ1) is 18.2. The van der Waals surface area contributed by atoms with E-state index in [9.17, 15) is 18.0 Å². The molecule has 0 aliphatic rings. The molecule has 0 bridgehead atoms. The number of alkyl halides is 3. The largest absolute Gasteiger partial charge is 0.497 e. The molecule has 0 saturated carbocycles. The van der Waals surface area contributed by atoms with Crippen LogP contribution in [0.25, 0.3) is 16.9 Å². The van der Waals surface area contributed by atoms with Crippen molar-refractivity contribution < 1.29 is 32.2 Å². The summed E-state index contributed by atoms with van der Waals surface area (Å²) in [5, 5.41) is 9.44. The number of nitrogens with zero attached hydrogens (tertiary/aromatic N) is 5. The maximum atomic E-state index is 13.3. The van der Waals surface area contributed by atoms with E-state index in [4.69, 9.17) is 14.2 Å². The van der Waals surface area contributed by atoms with Gasteiger partial charge in [0.05, 0.1) is 21.3 Å². The number of pyridine rings is 1. The zero-order chi connectivity index (χ0) is 27.4. The minimum Gasteiger partial charge on any atom is -0.497 e. The van der Waals surface area contributed by atoms with Crippen molar-refractivity contribution >= 4 is 23.4 Å². The normalized spacial score (nSPS) is 11.1. The number of methoxy groups -OCH3 is 3. The van der Waals surface area contributed by atoms with E-state index in [-0.39, 0.29) is 28.7 Å². The Kier molecular flexibility index (Phi) is 7.32. The number of carbonyl (C=O) groups excluding carboxylic acids is 1. The molecule has 3 aromatic heterocycles. The van der Waals surface area contributed by atoms with E-state index < -0.39 is 17.8 Å². The van der Waals surface area contributed by atoms with E-state index in [1.165, 1.54) is 39.8 Å². The number of esters is 1. The van der Waals surface area contributed by atoms with Crippen LogP contribution < -0.4 is 20.1 Å². The number of nitrogens with one attached hydrogen (secondary N) is 2. The molecular formula is C24H22F3N7O4. The van der Waals surface area contributed by atoms with Gasteiger partial charge in [-0.25, -0.2) is 19.4 Å². The van der Waals surface area contributed by atoms with Crippen molar-refractivity contribution in [1.29, 1.82) is 0 Å². The lowest BCUT2D eigenvalue weighted by atomic mass is 10.1. The van der Waals surface area contributed by atoms with Crippen LogP contribution in [0.4, 0.5) is 30.6 Å². The molecule has 3 heterocycles. The average Bonchev–Trinajstić information content (AvgIpc) is 3.43. The highest BCUT2D eigenvalue weighted by Gasteiger charge is 2.34. The Bertz CT molecular complexity index is 1450. The number of ether oxygens (including phenoxy) is 3. The lowest BCUT2D eigenvalue weighted by Gasteiger charge is -2.14. The van der Waals surface area contributed by atoms with Gasteiger partial charge >= 0.3 is 12.1 Å². The van der Waals surface area contributed by atoms with Crippen LogP contribution in [-0.4, -0.2) is 59.1 Å². The molecular weight excluding hydrogens is 507 g/mol. The summed E-state index contributed by atoms with van der Waals surface area (Å²) < 4.78 is 56.2. The van der Waals surface area contributed by atoms with Gasteiger partial charge in [-0.3, -0.25) is 0 Å². The van der Waals surface area contributed by atoms with Gasteiger partial charge in [-0.2, -0.15) is 23.3 Å². The molecule has 4 aromatic rings. The molecule has 0 unspecified atom stereocenters. The number of rotatable bonds is 8. The van der Waals surface area contributed by atoms with Crippen molar-refractivity contribution in [2.24, 2.45) is 0 Å². The molecule has 0 aliphatic heterocycles. The van der Waals surface area contributed by atoms with Crippen molar-refractivity contribution in [1.82, 2.24) is 24.7 Å². The average molecular weight is 529 g/mol. The third-order valence-electron chi connectivity index (χ3n) is 5.31. The first-order valence-electron chi connectivity index (χ1n) is 10.9. The number of halogens is 3. The summed E-state index contributed by atoms with van der Waals surface area (Å²) in [5.74, 6) is 0.647. The van der Waals surface area contributed by atoms with E-state index in [0.717, 1.165) is 16.9 Å². The summed E-state index contributed by atoms with van der Waals surface area (Å²) in [6.45, 7) is 0. The summed E-state index contributed by atoms with van der Waals surface area (Å²) in [6, 6.07) is 7.30. The second-order valence-corrected chi connectivity index (χ2v) is 7.66. The SMILES string of the molecule is CNc1ncc(-c2cnc(Nc3cc(OC)cc(OC)c3)nc2-n2ccc(C(F)(F)F)n2)cc1C(=O)OC. The van der Waals surface area contributed by atoms with Crippen LogP contribution in [0, 0.1) is 0 Å². The third kappa shape index (κ3) is 5.43. The van der Waals surface area contributed by atoms with Gasteiger partial charge in [0.1, 0.15) is 22.9 Å². The fourth-order valence-corrected chi connectivity index (χ4v) is 3.49. The van der Waals surface area contributed by atoms with Gasteiger partial charge in [-0.1, -0.05) is 0 Å². The molecule has 0 atom stereocenters. The standard InChI is InChI=1S/C24H22F3N7O4/c1-28-20-17(22(35)38-4)7-13(11-29-20)18-12-30-23(31-14-8-15(36-2)10-16(9-14)37-3)32-21(18)34-6-5-19(33-34)24(25,26)27/h5-12H,1-4H3,(H,28,29)(H,30,31,32). The Hall–Kier alpha value is -4.88. The van der Waals surface area contributed by atoms with Gasteiger partial charge in [0, 0.05) is 60.7 Å². The lowest BCUT2D eigenvalue weighted by Crippen LogP contribution is -2.11. The second-order valence-electron chi connectivity index (χ2n) is 7.66. The highest BCUT2D eigenvalue weighted by Crippen LogP contribution is 2.32. The van der Waals surface area contributed by atoms with Crippen molar-refractivity contribution in [2.75, 3.05) is 39.0 Å². The van der Waals surface area contributed by atoms with Crippen LogP contribution in [0.3, 0.4) is 0 Å². The third-order valence-corrected chi connectivity index (χ3v) is 5.31. The fourth-order valence-electron chi connectivity index (χ4n) is 3.49. The molecule has 0 amide bonds. The van der Waals surface area contributed by atoms with Crippen LogP contribution >= 0.6 is 0 Å². The van der Waals surface area contributed by atoms with Crippen LogP contribution in [0.5, 0.6) is 11.5 Å². The van der Waals surface area contributed by atoms with E-state index in [1.807, 2.05) is 0 Å². The molecule has 0 spiro atoms. The van der Waals surface area contributed by atoms with Gasteiger partial charge in [-0.05, 0) is 12.1 Å². The molecule has 4 rings (SSSR count). The fraction of sp³-hybridized carbons (Fsp3) is 0.208. The molecule has 11 nitrogen and oxygen atoms in total. The van der Waals surface area contributed by atoms with E-state index >= 15 is 0 Å². The lowest BCUT2D eigenvalue weighted by molar-refractivity contribution is -0.141. The summed E-state index contributed by atoms with van der Waals surface area (Å²) in [7, 11) is 5.79. The van der Waals surface area contributed by atoms with Gasteiger partial charge in [0.2, 0.25) is 5.95 Å². The Morgan fingerprint density at radius 2 is 1.71 bits per heavy atom. The topological polar surface area (TPSA) is 125 Å². The molecule has 0 aliphatic carbocycles. The smallest absolute Gasteiger partial charge is 0.435 e. The van der Waals surface area contributed by atoms with Crippen LogP contribution in [0.2, 0.25) is 0 Å². The Balaban J connectivity index is 1.85. The number of aromatic nitrogens is 5. The number of carbonyl (C=O) groups is 1. The summed E-state index contributed by atoms with van der Waals surface area (Å²) in [5.41, 5.74) is 0.118. The maximum absolute atomic E-state index is 13.3. The Morgan fingerprint density at radius 1 is 1.00 bits per heavy atom. The zero-order valence-electron chi connectivity index (χ0n) is 20.6. The molecule has 14 heteroatoms. The number of anilines is 3. The van der Waals surface area contributed by atoms with Crippen molar-refractivity contribution in [2.45, 2.75) is 6.18 Å².